The summed E-state index contributed by atoms with van der Waals surface area (Å²) in [6.07, 6.45) is 1.30. The van der Waals surface area contributed by atoms with Crippen molar-refractivity contribution in [1.29, 1.82) is 0 Å². The fourth-order valence-corrected chi connectivity index (χ4v) is 2.94. The van der Waals surface area contributed by atoms with Crippen molar-refractivity contribution < 1.29 is 24.2 Å². The van der Waals surface area contributed by atoms with Gasteiger partial charge in [0.2, 0.25) is 5.89 Å². The van der Waals surface area contributed by atoms with Crippen LogP contribution in [-0.4, -0.2) is 33.5 Å². The fourth-order valence-electron chi connectivity index (χ4n) is 2.15. The lowest BCUT2D eigenvalue weighted by molar-refractivity contribution is -0.131. The number of phenols is 1. The summed E-state index contributed by atoms with van der Waals surface area (Å²) in [5, 5.41) is 28.0. The van der Waals surface area contributed by atoms with Crippen molar-refractivity contribution in [3.05, 3.63) is 58.0 Å². The Hall–Kier alpha value is -2.97. The molecule has 0 unspecified atom stereocenters. The van der Waals surface area contributed by atoms with Crippen LogP contribution in [0.3, 0.4) is 0 Å². The molecule has 0 aliphatic carbocycles. The lowest BCUT2D eigenvalue weighted by atomic mass is 10.1. The monoisotopic (exact) mass is 404 g/mol. The smallest absolute Gasteiger partial charge is 0.342 e. The summed E-state index contributed by atoms with van der Waals surface area (Å²) >= 11 is 6.62. The Balaban J connectivity index is 1.88. The third-order valence-electron chi connectivity index (χ3n) is 3.44. The third kappa shape index (κ3) is 4.42. The van der Waals surface area contributed by atoms with Gasteiger partial charge in [-0.05, 0) is 48.2 Å². The number of benzene rings is 2. The molecule has 0 amide bonds. The lowest BCUT2D eigenvalue weighted by Crippen LogP contribution is -1.97. The van der Waals surface area contributed by atoms with E-state index < -0.39 is 5.97 Å². The number of aliphatic carboxylic acids is 1. The number of thioether (sulfide) groups is 1. The third-order valence-corrected chi connectivity index (χ3v) is 4.55. The molecule has 138 valence electrons. The summed E-state index contributed by atoms with van der Waals surface area (Å²) in [4.78, 5) is 11.5. The Morgan fingerprint density at radius 3 is 2.63 bits per heavy atom. The molecule has 2 N–H and O–H groups in total. The van der Waals surface area contributed by atoms with Crippen molar-refractivity contribution in [1.82, 2.24) is 10.2 Å². The van der Waals surface area contributed by atoms with Crippen LogP contribution in [-0.2, 0) is 4.79 Å². The van der Waals surface area contributed by atoms with E-state index in [1.807, 2.05) is 0 Å². The average molecular weight is 405 g/mol. The van der Waals surface area contributed by atoms with E-state index in [0.717, 1.165) is 11.8 Å². The van der Waals surface area contributed by atoms with E-state index >= 15 is 0 Å². The van der Waals surface area contributed by atoms with Crippen molar-refractivity contribution in [3.8, 4) is 23.0 Å². The van der Waals surface area contributed by atoms with Crippen LogP contribution in [0.5, 0.6) is 11.5 Å². The number of phenolic OH excluding ortho intramolecular Hbond substituents is 1. The van der Waals surface area contributed by atoms with Crippen molar-refractivity contribution in [2.45, 2.75) is 5.22 Å². The number of hydrogen-bond donors (Lipinski definition) is 2. The number of para-hydroxylation sites is 1. The standard InChI is InChI=1S/C18H13ClN2O5S/c1-25-13-4-2-3-11(15(13)22)9-14(17(23)24)27-18-21-20-16(26-18)10-5-7-12(19)8-6-10/h2-9,22H,1H3,(H,23,24)/b14-9-. The molecule has 0 spiro atoms. The van der Waals surface area contributed by atoms with E-state index in [1.165, 1.54) is 13.2 Å². The highest BCUT2D eigenvalue weighted by atomic mass is 35.5. The highest BCUT2D eigenvalue weighted by molar-refractivity contribution is 8.03. The zero-order chi connectivity index (χ0) is 19.4. The molecule has 0 saturated heterocycles. The molecule has 1 aromatic heterocycles. The number of hydrogen-bond acceptors (Lipinski definition) is 7. The molecule has 9 heteroatoms. The minimum atomic E-state index is -1.20. The van der Waals surface area contributed by atoms with Gasteiger partial charge in [0.25, 0.3) is 5.22 Å². The minimum Gasteiger partial charge on any atom is -0.504 e. The normalized spacial score (nSPS) is 11.4. The van der Waals surface area contributed by atoms with Gasteiger partial charge in [-0.2, -0.15) is 0 Å². The number of carboxylic acid groups (broad SMARTS) is 1. The number of rotatable bonds is 6. The van der Waals surface area contributed by atoms with Crippen LogP contribution in [0.15, 0.2) is 57.0 Å². The maximum Gasteiger partial charge on any atom is 0.342 e. The van der Waals surface area contributed by atoms with Crippen LogP contribution in [0.1, 0.15) is 5.56 Å². The Bertz CT molecular complexity index is 1000. The molecule has 1 heterocycles. The van der Waals surface area contributed by atoms with Gasteiger partial charge in [-0.25, -0.2) is 4.79 Å². The first-order valence-corrected chi connectivity index (χ1v) is 8.75. The minimum absolute atomic E-state index is 0.0518. The van der Waals surface area contributed by atoms with Crippen molar-refractivity contribution >= 4 is 35.4 Å². The number of halogens is 1. The van der Waals surface area contributed by atoms with Gasteiger partial charge < -0.3 is 19.4 Å². The summed E-state index contributed by atoms with van der Waals surface area (Å²) < 4.78 is 10.5. The van der Waals surface area contributed by atoms with Crippen molar-refractivity contribution in [3.63, 3.8) is 0 Å². The zero-order valence-corrected chi connectivity index (χ0v) is 15.5. The Morgan fingerprint density at radius 2 is 1.96 bits per heavy atom. The van der Waals surface area contributed by atoms with E-state index in [2.05, 4.69) is 10.2 Å². The van der Waals surface area contributed by atoms with Gasteiger partial charge in [0, 0.05) is 16.1 Å². The maximum atomic E-state index is 11.6. The number of carbonyl (C=O) groups is 1. The largest absolute Gasteiger partial charge is 0.504 e. The van der Waals surface area contributed by atoms with Gasteiger partial charge in [-0.1, -0.05) is 23.7 Å². The first-order valence-electron chi connectivity index (χ1n) is 7.56. The molecule has 3 rings (SSSR count). The fraction of sp³-hybridized carbons (Fsp3) is 0.0556. The van der Waals surface area contributed by atoms with Gasteiger partial charge in [-0.15, -0.1) is 10.2 Å². The Kier molecular flexibility index (Phi) is 5.68. The van der Waals surface area contributed by atoms with Crippen molar-refractivity contribution in [2.24, 2.45) is 0 Å². The molecule has 2 aromatic carbocycles. The zero-order valence-electron chi connectivity index (χ0n) is 13.9. The van der Waals surface area contributed by atoms with E-state index in [-0.39, 0.29) is 33.1 Å². The molecule has 0 atom stereocenters. The van der Waals surface area contributed by atoms with Gasteiger partial charge >= 0.3 is 5.97 Å². The maximum absolute atomic E-state index is 11.6. The van der Waals surface area contributed by atoms with Crippen molar-refractivity contribution in [2.75, 3.05) is 7.11 Å². The molecule has 7 nitrogen and oxygen atoms in total. The number of methoxy groups -OCH3 is 1. The molecule has 0 aliphatic heterocycles. The van der Waals surface area contributed by atoms with Gasteiger partial charge in [0.1, 0.15) is 4.91 Å². The van der Waals surface area contributed by atoms with Gasteiger partial charge in [0.15, 0.2) is 11.5 Å². The molecular formula is C18H13ClN2O5S. The molecule has 27 heavy (non-hydrogen) atoms. The van der Waals surface area contributed by atoms with Crippen LogP contribution < -0.4 is 4.74 Å². The predicted molar refractivity (Wildman–Crippen MR) is 101 cm³/mol. The summed E-state index contributed by atoms with van der Waals surface area (Å²) in [5.74, 6) is -0.885. The summed E-state index contributed by atoms with van der Waals surface area (Å²) in [6, 6.07) is 11.6. The molecule has 0 saturated carbocycles. The van der Waals surface area contributed by atoms with E-state index in [1.54, 1.807) is 42.5 Å². The molecular weight excluding hydrogens is 392 g/mol. The predicted octanol–water partition coefficient (Wildman–Crippen LogP) is 4.32. The summed E-state index contributed by atoms with van der Waals surface area (Å²) in [5.41, 5.74) is 0.946. The van der Waals surface area contributed by atoms with Crippen LogP contribution in [0, 0.1) is 0 Å². The number of nitrogens with zero attached hydrogens (tertiary/aromatic N) is 2. The number of aromatic nitrogens is 2. The first-order chi connectivity index (χ1) is 13.0. The second-order valence-corrected chi connectivity index (χ2v) is 6.62. The number of ether oxygens (including phenoxy) is 1. The number of aromatic hydroxyl groups is 1. The Labute approximate surface area is 163 Å². The van der Waals surface area contributed by atoms with E-state index in [0.29, 0.717) is 10.6 Å². The topological polar surface area (TPSA) is 106 Å². The second kappa shape index (κ2) is 8.15. The molecule has 0 radical (unpaired) electrons. The molecule has 0 fully saturated rings. The summed E-state index contributed by atoms with van der Waals surface area (Å²) in [6.45, 7) is 0. The van der Waals surface area contributed by atoms with Crippen LogP contribution >= 0.6 is 23.4 Å². The SMILES string of the molecule is COc1cccc(/C=C(\Sc2nnc(-c3ccc(Cl)cc3)o2)C(=O)O)c1O. The number of carboxylic acids is 1. The summed E-state index contributed by atoms with van der Waals surface area (Å²) in [7, 11) is 1.41. The second-order valence-electron chi connectivity index (χ2n) is 5.19. The highest BCUT2D eigenvalue weighted by Gasteiger charge is 2.17. The van der Waals surface area contributed by atoms with Crippen LogP contribution in [0.4, 0.5) is 0 Å². The quantitative estimate of drug-likeness (QED) is 0.462. The Morgan fingerprint density at radius 1 is 1.22 bits per heavy atom. The first kappa shape index (κ1) is 18.8. The lowest BCUT2D eigenvalue weighted by Gasteiger charge is -2.06. The highest BCUT2D eigenvalue weighted by Crippen LogP contribution is 2.35. The van der Waals surface area contributed by atoms with Gasteiger partial charge in [-0.3, -0.25) is 0 Å². The van der Waals surface area contributed by atoms with Gasteiger partial charge in [0.05, 0.1) is 7.11 Å². The molecule has 3 aromatic rings. The molecule has 0 bridgehead atoms. The average Bonchev–Trinajstić information content (AvgIpc) is 3.12. The van der Waals surface area contributed by atoms with Crippen LogP contribution in [0.2, 0.25) is 5.02 Å². The molecule has 0 aliphatic rings. The van der Waals surface area contributed by atoms with Crippen LogP contribution in [0.25, 0.3) is 17.5 Å². The van der Waals surface area contributed by atoms with E-state index in [4.69, 9.17) is 20.8 Å². The van der Waals surface area contributed by atoms with E-state index in [9.17, 15) is 15.0 Å².